The molecule has 0 radical (unpaired) electrons. The lowest BCUT2D eigenvalue weighted by Gasteiger charge is -2.28. The summed E-state index contributed by atoms with van der Waals surface area (Å²) in [4.78, 5) is 11.6. The lowest BCUT2D eigenvalue weighted by atomic mass is 10.0. The van der Waals surface area contributed by atoms with Gasteiger partial charge in [0.15, 0.2) is 5.58 Å². The zero-order chi connectivity index (χ0) is 15.9. The van der Waals surface area contributed by atoms with E-state index in [1.165, 1.54) is 16.7 Å². The van der Waals surface area contributed by atoms with Gasteiger partial charge in [-0.3, -0.25) is 4.57 Å². The van der Waals surface area contributed by atoms with Crippen LogP contribution in [0.25, 0.3) is 11.1 Å². The summed E-state index contributed by atoms with van der Waals surface area (Å²) in [5.74, 6) is -0.510. The number of nitrogens with zero attached hydrogens (tertiary/aromatic N) is 1. The lowest BCUT2D eigenvalue weighted by Crippen LogP contribution is -2.46. The molecular formula is C14H20ClN3O4S. The van der Waals surface area contributed by atoms with Crippen LogP contribution in [-0.4, -0.2) is 31.6 Å². The number of nitrogens with one attached hydrogen (secondary N) is 2. The molecule has 23 heavy (non-hydrogen) atoms. The number of oxazole rings is 1. The van der Waals surface area contributed by atoms with Crippen LogP contribution in [0.3, 0.4) is 0 Å². The Kier molecular flexibility index (Phi) is 5.20. The normalized spacial score (nSPS) is 22.0. The molecule has 2 N–H and O–H groups in total. The molecule has 9 heteroatoms. The molecule has 128 valence electrons. The summed E-state index contributed by atoms with van der Waals surface area (Å²) in [6.07, 6.45) is 1.51. The summed E-state index contributed by atoms with van der Waals surface area (Å²) < 4.78 is 34.1. The molecule has 0 bridgehead atoms. The summed E-state index contributed by atoms with van der Waals surface area (Å²) in [6.45, 7) is 2.83. The first-order valence-corrected chi connectivity index (χ1v) is 8.70. The highest BCUT2D eigenvalue weighted by Crippen LogP contribution is 2.19. The maximum absolute atomic E-state index is 12.5. The number of piperidine rings is 1. The number of aryl methyl sites for hydroxylation is 1. The molecule has 1 aromatic carbocycles. The van der Waals surface area contributed by atoms with Gasteiger partial charge in [-0.15, -0.1) is 12.4 Å². The third kappa shape index (κ3) is 3.60. The SMILES string of the molecule is CC1CC(NS(=O)(=O)c2ccc3c(c2)oc(=O)n3C)CCN1.Cl. The average Bonchev–Trinajstić information content (AvgIpc) is 2.73. The van der Waals surface area contributed by atoms with Gasteiger partial charge in [0.25, 0.3) is 0 Å². The van der Waals surface area contributed by atoms with Gasteiger partial charge < -0.3 is 9.73 Å². The van der Waals surface area contributed by atoms with Crippen LogP contribution in [0.15, 0.2) is 32.3 Å². The fourth-order valence-electron chi connectivity index (χ4n) is 2.81. The molecule has 1 fully saturated rings. The van der Waals surface area contributed by atoms with Gasteiger partial charge in [-0.25, -0.2) is 17.9 Å². The molecule has 0 amide bonds. The largest absolute Gasteiger partial charge is 0.419 e. The lowest BCUT2D eigenvalue weighted by molar-refractivity contribution is 0.361. The first-order chi connectivity index (χ1) is 10.4. The topological polar surface area (TPSA) is 93.3 Å². The molecule has 1 aliphatic heterocycles. The molecule has 1 saturated heterocycles. The maximum Gasteiger partial charge on any atom is 0.419 e. The van der Waals surface area contributed by atoms with Crippen LogP contribution < -0.4 is 15.8 Å². The molecule has 2 atom stereocenters. The predicted octanol–water partition coefficient (Wildman–Crippen LogP) is 0.972. The minimum Gasteiger partial charge on any atom is -0.408 e. The van der Waals surface area contributed by atoms with E-state index in [9.17, 15) is 13.2 Å². The molecule has 0 spiro atoms. The average molecular weight is 362 g/mol. The first kappa shape index (κ1) is 18.0. The van der Waals surface area contributed by atoms with Gasteiger partial charge in [-0.05, 0) is 38.4 Å². The van der Waals surface area contributed by atoms with Crippen molar-refractivity contribution < 1.29 is 12.8 Å². The van der Waals surface area contributed by atoms with Gasteiger partial charge in [-0.2, -0.15) is 0 Å². The van der Waals surface area contributed by atoms with Crippen LogP contribution >= 0.6 is 12.4 Å². The van der Waals surface area contributed by atoms with E-state index >= 15 is 0 Å². The Bertz CT molecular complexity index is 859. The molecule has 0 aliphatic carbocycles. The number of sulfonamides is 1. The summed E-state index contributed by atoms with van der Waals surface area (Å²) in [5, 5.41) is 3.28. The van der Waals surface area contributed by atoms with E-state index in [-0.39, 0.29) is 35.0 Å². The van der Waals surface area contributed by atoms with Crippen LogP contribution in [0, 0.1) is 0 Å². The van der Waals surface area contributed by atoms with Crippen molar-refractivity contribution in [2.75, 3.05) is 6.54 Å². The monoisotopic (exact) mass is 361 g/mol. The van der Waals surface area contributed by atoms with E-state index in [1.807, 2.05) is 6.92 Å². The Morgan fingerprint density at radius 1 is 1.39 bits per heavy atom. The van der Waals surface area contributed by atoms with Crippen molar-refractivity contribution >= 4 is 33.5 Å². The van der Waals surface area contributed by atoms with E-state index in [1.54, 1.807) is 13.1 Å². The van der Waals surface area contributed by atoms with E-state index in [0.717, 1.165) is 19.4 Å². The Labute approximate surface area is 140 Å². The zero-order valence-corrected chi connectivity index (χ0v) is 14.5. The van der Waals surface area contributed by atoms with Crippen LogP contribution in [-0.2, 0) is 17.1 Å². The molecule has 2 aromatic rings. The highest BCUT2D eigenvalue weighted by molar-refractivity contribution is 7.89. The predicted molar refractivity (Wildman–Crippen MR) is 89.5 cm³/mol. The van der Waals surface area contributed by atoms with Gasteiger partial charge in [0.05, 0.1) is 10.4 Å². The van der Waals surface area contributed by atoms with Crippen molar-refractivity contribution in [3.05, 3.63) is 28.7 Å². The van der Waals surface area contributed by atoms with E-state index in [0.29, 0.717) is 5.52 Å². The third-order valence-corrected chi connectivity index (χ3v) is 5.54. The van der Waals surface area contributed by atoms with Gasteiger partial charge >= 0.3 is 5.76 Å². The van der Waals surface area contributed by atoms with Crippen LogP contribution in [0.2, 0.25) is 0 Å². The number of benzene rings is 1. The second-order valence-electron chi connectivity index (χ2n) is 5.75. The van der Waals surface area contributed by atoms with Crippen molar-refractivity contribution in [3.8, 4) is 0 Å². The molecule has 1 aromatic heterocycles. The first-order valence-electron chi connectivity index (χ1n) is 7.22. The summed E-state index contributed by atoms with van der Waals surface area (Å²) >= 11 is 0. The highest BCUT2D eigenvalue weighted by Gasteiger charge is 2.25. The quantitative estimate of drug-likeness (QED) is 0.849. The van der Waals surface area contributed by atoms with Crippen molar-refractivity contribution in [3.63, 3.8) is 0 Å². The van der Waals surface area contributed by atoms with E-state index < -0.39 is 15.8 Å². The highest BCUT2D eigenvalue weighted by atomic mass is 35.5. The number of halogens is 1. The minimum absolute atomic E-state index is 0. The van der Waals surface area contributed by atoms with Gasteiger partial charge in [0.2, 0.25) is 10.0 Å². The molecule has 2 unspecified atom stereocenters. The third-order valence-electron chi connectivity index (χ3n) is 4.02. The number of hydrogen-bond acceptors (Lipinski definition) is 5. The second-order valence-corrected chi connectivity index (χ2v) is 7.47. The van der Waals surface area contributed by atoms with Gasteiger partial charge in [-0.1, -0.05) is 0 Å². The van der Waals surface area contributed by atoms with Crippen LogP contribution in [0.5, 0.6) is 0 Å². The smallest absolute Gasteiger partial charge is 0.408 e. The number of fused-ring (bicyclic) bond motifs is 1. The van der Waals surface area contributed by atoms with E-state index in [4.69, 9.17) is 4.42 Å². The molecule has 1 aliphatic rings. The van der Waals surface area contributed by atoms with E-state index in [2.05, 4.69) is 10.0 Å². The number of hydrogen-bond donors (Lipinski definition) is 2. The Hall–Kier alpha value is -1.35. The molecular weight excluding hydrogens is 342 g/mol. The number of aromatic nitrogens is 1. The molecule has 3 rings (SSSR count). The molecule has 0 saturated carbocycles. The summed E-state index contributed by atoms with van der Waals surface area (Å²) in [7, 11) is -2.05. The summed E-state index contributed by atoms with van der Waals surface area (Å²) in [6, 6.07) is 4.67. The van der Waals surface area contributed by atoms with Gasteiger partial charge in [0.1, 0.15) is 0 Å². The molecule has 7 nitrogen and oxygen atoms in total. The van der Waals surface area contributed by atoms with Crippen LogP contribution in [0.1, 0.15) is 19.8 Å². The fourth-order valence-corrected chi connectivity index (χ4v) is 4.11. The minimum atomic E-state index is -3.63. The van der Waals surface area contributed by atoms with Gasteiger partial charge in [0, 0.05) is 25.2 Å². The standard InChI is InChI=1S/C14H19N3O4S.ClH/c1-9-7-10(5-6-15-9)16-22(19,20)11-3-4-12-13(8-11)21-14(18)17(12)2;/h3-4,8-10,15-16H,5-7H2,1-2H3;1H. The number of rotatable bonds is 3. The Morgan fingerprint density at radius 2 is 2.13 bits per heavy atom. The fraction of sp³-hybridized carbons (Fsp3) is 0.500. The summed E-state index contributed by atoms with van der Waals surface area (Å²) in [5.41, 5.74) is 0.841. The molecule has 2 heterocycles. The van der Waals surface area contributed by atoms with Crippen molar-refractivity contribution in [1.82, 2.24) is 14.6 Å². The van der Waals surface area contributed by atoms with Crippen molar-refractivity contribution in [2.45, 2.75) is 36.7 Å². The second kappa shape index (κ2) is 6.64. The maximum atomic E-state index is 12.5. The van der Waals surface area contributed by atoms with Crippen molar-refractivity contribution in [1.29, 1.82) is 0 Å². The van der Waals surface area contributed by atoms with Crippen LogP contribution in [0.4, 0.5) is 0 Å². The Balaban J connectivity index is 0.00000192. The zero-order valence-electron chi connectivity index (χ0n) is 12.9. The van der Waals surface area contributed by atoms with Crippen molar-refractivity contribution in [2.24, 2.45) is 7.05 Å². The Morgan fingerprint density at radius 3 is 2.83 bits per heavy atom.